The molecule has 1 heterocycles. The maximum Gasteiger partial charge on any atom is 0.321 e. The van der Waals surface area contributed by atoms with Gasteiger partial charge in [0.05, 0.1) is 4.90 Å². The molecular formula is C31H32FN5O4S. The summed E-state index contributed by atoms with van der Waals surface area (Å²) in [5, 5.41) is 6.86. The molecule has 0 radical (unpaired) electrons. The number of carbonyl (C=O) groups is 2. The number of fused-ring (bicyclic) bond motifs is 1. The first-order chi connectivity index (χ1) is 20.1. The van der Waals surface area contributed by atoms with Gasteiger partial charge in [-0.2, -0.15) is 4.31 Å². The second kappa shape index (κ2) is 12.2. The Kier molecular flexibility index (Phi) is 8.41. The van der Waals surface area contributed by atoms with Crippen LogP contribution in [0.5, 0.6) is 0 Å². The molecule has 5 rings (SSSR count). The SMILES string of the molecule is CN(C)c1cccc2c(S(=O)(=O)N3CCN(C(=O)Nc4ccc(F)cc4)CC3C(=O)NCc3ccccc3)cccc12. The molecule has 9 nitrogen and oxygen atoms in total. The van der Waals surface area contributed by atoms with Crippen molar-refractivity contribution in [2.45, 2.75) is 17.5 Å². The van der Waals surface area contributed by atoms with E-state index >= 15 is 0 Å². The molecule has 2 N–H and O–H groups in total. The van der Waals surface area contributed by atoms with Crippen molar-refractivity contribution in [2.24, 2.45) is 0 Å². The summed E-state index contributed by atoms with van der Waals surface area (Å²) in [7, 11) is -0.391. The molecule has 1 fully saturated rings. The molecule has 0 spiro atoms. The number of benzene rings is 4. The highest BCUT2D eigenvalue weighted by Crippen LogP contribution is 2.33. The Hall–Kier alpha value is -4.48. The Morgan fingerprint density at radius 2 is 1.57 bits per heavy atom. The van der Waals surface area contributed by atoms with Gasteiger partial charge in [0.2, 0.25) is 15.9 Å². The number of urea groups is 1. The van der Waals surface area contributed by atoms with Gasteiger partial charge in [0.15, 0.2) is 0 Å². The highest BCUT2D eigenvalue weighted by atomic mass is 32.2. The van der Waals surface area contributed by atoms with Gasteiger partial charge in [-0.05, 0) is 42.0 Å². The van der Waals surface area contributed by atoms with Gasteiger partial charge in [-0.15, -0.1) is 0 Å². The van der Waals surface area contributed by atoms with Crippen LogP contribution in [0.1, 0.15) is 5.56 Å². The number of hydrogen-bond donors (Lipinski definition) is 2. The summed E-state index contributed by atoms with van der Waals surface area (Å²) in [5.41, 5.74) is 2.10. The lowest BCUT2D eigenvalue weighted by atomic mass is 10.1. The van der Waals surface area contributed by atoms with Gasteiger partial charge in [0.25, 0.3) is 0 Å². The van der Waals surface area contributed by atoms with E-state index < -0.39 is 33.8 Å². The number of amides is 3. The summed E-state index contributed by atoms with van der Waals surface area (Å²) in [5.74, 6) is -0.955. The van der Waals surface area contributed by atoms with Crippen molar-refractivity contribution < 1.29 is 22.4 Å². The lowest BCUT2D eigenvalue weighted by molar-refractivity contribution is -0.126. The summed E-state index contributed by atoms with van der Waals surface area (Å²) < 4.78 is 43.0. The Morgan fingerprint density at radius 3 is 2.29 bits per heavy atom. The Balaban J connectivity index is 1.46. The molecular weight excluding hydrogens is 557 g/mol. The molecule has 1 unspecified atom stereocenters. The normalized spacial score (nSPS) is 15.8. The third-order valence-electron chi connectivity index (χ3n) is 7.25. The lowest BCUT2D eigenvalue weighted by Crippen LogP contribution is -2.61. The van der Waals surface area contributed by atoms with Crippen molar-refractivity contribution in [3.8, 4) is 0 Å². The fourth-order valence-electron chi connectivity index (χ4n) is 5.10. The van der Waals surface area contributed by atoms with Crippen molar-refractivity contribution in [1.29, 1.82) is 0 Å². The van der Waals surface area contributed by atoms with Crippen molar-refractivity contribution in [3.05, 3.63) is 102 Å². The minimum atomic E-state index is -4.17. The number of rotatable bonds is 7. The van der Waals surface area contributed by atoms with E-state index in [9.17, 15) is 22.4 Å². The van der Waals surface area contributed by atoms with Gasteiger partial charge in [-0.3, -0.25) is 4.79 Å². The van der Waals surface area contributed by atoms with Gasteiger partial charge in [-0.1, -0.05) is 54.6 Å². The number of halogens is 1. The van der Waals surface area contributed by atoms with Crippen LogP contribution in [0.2, 0.25) is 0 Å². The van der Waals surface area contributed by atoms with Crippen molar-refractivity contribution in [3.63, 3.8) is 0 Å². The van der Waals surface area contributed by atoms with Crippen LogP contribution in [0.25, 0.3) is 10.8 Å². The van der Waals surface area contributed by atoms with Gasteiger partial charge in [0, 0.05) is 62.4 Å². The standard InChI is InChI=1S/C31H32FN5O4S/c1-35(2)27-12-6-11-26-25(27)10-7-13-29(26)42(40,41)37-19-18-36(31(39)34-24-16-14-23(32)15-17-24)21-28(37)30(38)33-20-22-8-4-3-5-9-22/h3-17,28H,18-21H2,1-2H3,(H,33,38)(H,34,39). The molecule has 1 saturated heterocycles. The molecule has 4 aromatic carbocycles. The average molecular weight is 590 g/mol. The molecule has 218 valence electrons. The molecule has 1 aliphatic heterocycles. The van der Waals surface area contributed by atoms with E-state index in [0.717, 1.165) is 16.6 Å². The predicted octanol–water partition coefficient (Wildman–Crippen LogP) is 4.27. The van der Waals surface area contributed by atoms with Crippen molar-refractivity contribution >= 4 is 44.1 Å². The first kappa shape index (κ1) is 29.0. The number of anilines is 2. The van der Waals surface area contributed by atoms with Crippen molar-refractivity contribution in [1.82, 2.24) is 14.5 Å². The molecule has 0 bridgehead atoms. The van der Waals surface area contributed by atoms with Crippen LogP contribution in [0.4, 0.5) is 20.6 Å². The number of nitrogens with zero attached hydrogens (tertiary/aromatic N) is 3. The summed E-state index contributed by atoms with van der Waals surface area (Å²) >= 11 is 0. The van der Waals surface area contributed by atoms with E-state index in [-0.39, 0.29) is 31.1 Å². The summed E-state index contributed by atoms with van der Waals surface area (Å²) in [6.45, 7) is 0.00167. The fraction of sp³-hybridized carbons (Fsp3) is 0.226. The monoisotopic (exact) mass is 589 g/mol. The smallest absolute Gasteiger partial charge is 0.321 e. The van der Waals surface area contributed by atoms with Crippen LogP contribution in [-0.2, 0) is 21.4 Å². The van der Waals surface area contributed by atoms with E-state index in [1.54, 1.807) is 24.3 Å². The zero-order valence-corrected chi connectivity index (χ0v) is 24.1. The molecule has 11 heteroatoms. The van der Waals surface area contributed by atoms with E-state index in [1.165, 1.54) is 33.5 Å². The zero-order chi connectivity index (χ0) is 29.9. The second-order valence-electron chi connectivity index (χ2n) is 10.2. The fourth-order valence-corrected chi connectivity index (χ4v) is 6.87. The van der Waals surface area contributed by atoms with E-state index in [0.29, 0.717) is 11.1 Å². The van der Waals surface area contributed by atoms with E-state index in [1.807, 2.05) is 61.5 Å². The average Bonchev–Trinajstić information content (AvgIpc) is 3.00. The third kappa shape index (κ3) is 6.07. The van der Waals surface area contributed by atoms with Crippen molar-refractivity contribution in [2.75, 3.05) is 43.9 Å². The predicted molar refractivity (Wildman–Crippen MR) is 161 cm³/mol. The molecule has 42 heavy (non-hydrogen) atoms. The molecule has 0 aromatic heterocycles. The van der Waals surface area contributed by atoms with Crippen LogP contribution < -0.4 is 15.5 Å². The molecule has 1 atom stereocenters. The first-order valence-corrected chi connectivity index (χ1v) is 14.9. The zero-order valence-electron chi connectivity index (χ0n) is 23.3. The van der Waals surface area contributed by atoms with Gasteiger partial charge in [0.1, 0.15) is 11.9 Å². The number of nitrogens with one attached hydrogen (secondary N) is 2. The van der Waals surface area contributed by atoms with Crippen LogP contribution in [-0.4, -0.2) is 69.3 Å². The number of sulfonamides is 1. The van der Waals surface area contributed by atoms with Crippen LogP contribution in [0.15, 0.2) is 95.9 Å². The van der Waals surface area contributed by atoms with Gasteiger partial charge >= 0.3 is 6.03 Å². The van der Waals surface area contributed by atoms with Crippen LogP contribution in [0, 0.1) is 5.82 Å². The summed E-state index contributed by atoms with van der Waals surface area (Å²) in [6.07, 6.45) is 0. The second-order valence-corrected chi connectivity index (χ2v) is 12.1. The molecule has 0 aliphatic carbocycles. The van der Waals surface area contributed by atoms with Gasteiger partial charge < -0.3 is 20.4 Å². The van der Waals surface area contributed by atoms with Gasteiger partial charge in [-0.25, -0.2) is 17.6 Å². The molecule has 1 aliphatic rings. The largest absolute Gasteiger partial charge is 0.377 e. The molecule has 4 aromatic rings. The number of piperazine rings is 1. The maximum absolute atomic E-state index is 14.2. The quantitative estimate of drug-likeness (QED) is 0.335. The Labute approximate surface area is 244 Å². The van der Waals surface area contributed by atoms with E-state index in [2.05, 4.69) is 10.6 Å². The molecule has 3 amide bonds. The maximum atomic E-state index is 14.2. The Bertz CT molecular complexity index is 1700. The lowest BCUT2D eigenvalue weighted by Gasteiger charge is -2.39. The number of hydrogen-bond acceptors (Lipinski definition) is 5. The van der Waals surface area contributed by atoms with Crippen LogP contribution in [0.3, 0.4) is 0 Å². The Morgan fingerprint density at radius 1 is 0.881 bits per heavy atom. The van der Waals surface area contributed by atoms with Crippen LogP contribution >= 0.6 is 0 Å². The summed E-state index contributed by atoms with van der Waals surface area (Å²) in [4.78, 5) is 30.1. The summed E-state index contributed by atoms with van der Waals surface area (Å²) in [6, 6.07) is 23.5. The highest BCUT2D eigenvalue weighted by Gasteiger charge is 2.42. The highest BCUT2D eigenvalue weighted by molar-refractivity contribution is 7.89. The first-order valence-electron chi connectivity index (χ1n) is 13.5. The number of carbonyl (C=O) groups excluding carboxylic acids is 2. The minimum Gasteiger partial charge on any atom is -0.377 e. The van der Waals surface area contributed by atoms with E-state index in [4.69, 9.17) is 0 Å². The topological polar surface area (TPSA) is 102 Å². The third-order valence-corrected chi connectivity index (χ3v) is 9.22. The molecule has 0 saturated carbocycles. The minimum absolute atomic E-state index is 0.0580.